The van der Waals surface area contributed by atoms with Crippen LogP contribution in [0.25, 0.3) is 0 Å². The number of carbonyl (C=O) groups excluding carboxylic acids is 1. The van der Waals surface area contributed by atoms with E-state index in [-0.39, 0.29) is 22.2 Å². The number of hydrogen-bond acceptors (Lipinski definition) is 6. The summed E-state index contributed by atoms with van der Waals surface area (Å²) in [6.07, 6.45) is 4.94. The molecule has 1 amide bonds. The van der Waals surface area contributed by atoms with Crippen LogP contribution in [0.1, 0.15) is 38.5 Å². The average Bonchev–Trinajstić information content (AvgIpc) is 3.19. The van der Waals surface area contributed by atoms with Crippen molar-refractivity contribution in [2.45, 2.75) is 48.3 Å². The van der Waals surface area contributed by atoms with Crippen molar-refractivity contribution in [2.75, 3.05) is 38.6 Å². The van der Waals surface area contributed by atoms with Crippen molar-refractivity contribution in [3.63, 3.8) is 0 Å². The molecule has 196 valence electrons. The van der Waals surface area contributed by atoms with E-state index >= 15 is 0 Å². The first-order valence-corrected chi connectivity index (χ1v) is 15.1. The zero-order valence-electron chi connectivity index (χ0n) is 20.4. The molecule has 2 aromatic carbocycles. The summed E-state index contributed by atoms with van der Waals surface area (Å²) in [6, 6.07) is 12.4. The molecule has 0 spiro atoms. The molecule has 9 nitrogen and oxygen atoms in total. The van der Waals surface area contributed by atoms with Gasteiger partial charge in [-0.2, -0.15) is 8.61 Å². The first kappa shape index (κ1) is 26.6. The van der Waals surface area contributed by atoms with Crippen LogP contribution in [-0.2, 0) is 24.8 Å². The van der Waals surface area contributed by atoms with E-state index in [2.05, 4.69) is 5.32 Å². The Morgan fingerprint density at radius 2 is 1.31 bits per heavy atom. The predicted molar refractivity (Wildman–Crippen MR) is 137 cm³/mol. The SMILES string of the molecule is COc1ccc(S(=O)(=O)N2CCC[C@H](C(=O)Nc3ccc(S(=O)(=O)N4CCCCCC4)cc3)C2)cc1. The van der Waals surface area contributed by atoms with Gasteiger partial charge in [-0.15, -0.1) is 0 Å². The molecule has 11 heteroatoms. The van der Waals surface area contributed by atoms with Crippen molar-refractivity contribution in [1.29, 1.82) is 0 Å². The van der Waals surface area contributed by atoms with E-state index in [1.807, 2.05) is 0 Å². The summed E-state index contributed by atoms with van der Waals surface area (Å²) in [5.41, 5.74) is 0.477. The molecule has 2 saturated heterocycles. The number of amides is 1. The van der Waals surface area contributed by atoms with Gasteiger partial charge in [-0.05, 0) is 74.2 Å². The smallest absolute Gasteiger partial charge is 0.243 e. The van der Waals surface area contributed by atoms with Crippen LogP contribution in [-0.4, -0.2) is 64.6 Å². The van der Waals surface area contributed by atoms with E-state index in [9.17, 15) is 21.6 Å². The third-order valence-corrected chi connectivity index (χ3v) is 10.6. The lowest BCUT2D eigenvalue weighted by Crippen LogP contribution is -2.43. The van der Waals surface area contributed by atoms with Crippen LogP contribution in [0.15, 0.2) is 58.3 Å². The summed E-state index contributed by atoms with van der Waals surface area (Å²) in [6.45, 7) is 1.49. The van der Waals surface area contributed by atoms with Crippen molar-refractivity contribution in [2.24, 2.45) is 5.92 Å². The summed E-state index contributed by atoms with van der Waals surface area (Å²) in [5, 5.41) is 2.82. The molecule has 1 N–H and O–H groups in total. The number of hydrogen-bond donors (Lipinski definition) is 1. The summed E-state index contributed by atoms with van der Waals surface area (Å²) in [4.78, 5) is 13.3. The predicted octanol–water partition coefficient (Wildman–Crippen LogP) is 3.30. The second kappa shape index (κ2) is 11.3. The molecule has 2 fully saturated rings. The van der Waals surface area contributed by atoms with E-state index in [0.29, 0.717) is 43.9 Å². The summed E-state index contributed by atoms with van der Waals surface area (Å²) >= 11 is 0. The molecule has 0 bridgehead atoms. The van der Waals surface area contributed by atoms with E-state index in [4.69, 9.17) is 4.74 Å². The van der Waals surface area contributed by atoms with Gasteiger partial charge in [0.15, 0.2) is 0 Å². The molecule has 2 aliphatic rings. The Hall–Kier alpha value is -2.47. The minimum absolute atomic E-state index is 0.0849. The minimum atomic E-state index is -3.74. The number of benzene rings is 2. The molecule has 0 unspecified atom stereocenters. The maximum Gasteiger partial charge on any atom is 0.243 e. The molecule has 0 aromatic heterocycles. The number of nitrogens with one attached hydrogen (secondary N) is 1. The second-order valence-corrected chi connectivity index (χ2v) is 13.1. The quantitative estimate of drug-likeness (QED) is 0.582. The fourth-order valence-corrected chi connectivity index (χ4v) is 7.70. The highest BCUT2D eigenvalue weighted by molar-refractivity contribution is 7.89. The number of piperidine rings is 1. The molecular weight excluding hydrogens is 502 g/mol. The highest BCUT2D eigenvalue weighted by Crippen LogP contribution is 2.27. The van der Waals surface area contributed by atoms with Gasteiger partial charge in [0.05, 0.1) is 22.8 Å². The van der Waals surface area contributed by atoms with Gasteiger partial charge in [-0.3, -0.25) is 4.79 Å². The van der Waals surface area contributed by atoms with Crippen LogP contribution < -0.4 is 10.1 Å². The number of nitrogens with zero attached hydrogens (tertiary/aromatic N) is 2. The maximum absolute atomic E-state index is 13.1. The average molecular weight is 536 g/mol. The van der Waals surface area contributed by atoms with E-state index in [1.165, 1.54) is 40.0 Å². The van der Waals surface area contributed by atoms with Crippen LogP contribution in [0.5, 0.6) is 5.75 Å². The third-order valence-electron chi connectivity index (χ3n) is 6.78. The first-order valence-electron chi connectivity index (χ1n) is 12.3. The summed E-state index contributed by atoms with van der Waals surface area (Å²) in [7, 11) is -5.79. The molecular formula is C25H33N3O6S2. The zero-order chi connectivity index (χ0) is 25.8. The lowest BCUT2D eigenvalue weighted by Gasteiger charge is -2.31. The lowest BCUT2D eigenvalue weighted by atomic mass is 9.99. The van der Waals surface area contributed by atoms with Gasteiger partial charge in [0.25, 0.3) is 0 Å². The third kappa shape index (κ3) is 5.91. The fraction of sp³-hybridized carbons (Fsp3) is 0.480. The number of ether oxygens (including phenoxy) is 1. The van der Waals surface area contributed by atoms with Gasteiger partial charge in [-0.25, -0.2) is 16.8 Å². The number of methoxy groups -OCH3 is 1. The van der Waals surface area contributed by atoms with Gasteiger partial charge >= 0.3 is 0 Å². The van der Waals surface area contributed by atoms with Crippen molar-refractivity contribution < 1.29 is 26.4 Å². The molecule has 1 atom stereocenters. The van der Waals surface area contributed by atoms with Gasteiger partial charge < -0.3 is 10.1 Å². The molecule has 2 aromatic rings. The van der Waals surface area contributed by atoms with E-state index < -0.39 is 26.0 Å². The normalized spacial score (nSPS) is 20.4. The lowest BCUT2D eigenvalue weighted by molar-refractivity contribution is -0.120. The monoisotopic (exact) mass is 535 g/mol. The van der Waals surface area contributed by atoms with E-state index in [1.54, 1.807) is 24.3 Å². The molecule has 4 rings (SSSR count). The fourth-order valence-electron chi connectivity index (χ4n) is 4.66. The Bertz CT molecular complexity index is 1250. The van der Waals surface area contributed by atoms with Crippen molar-refractivity contribution in [3.8, 4) is 5.75 Å². The van der Waals surface area contributed by atoms with Gasteiger partial charge in [0.2, 0.25) is 26.0 Å². The van der Waals surface area contributed by atoms with Gasteiger partial charge in [0, 0.05) is 31.9 Å². The molecule has 0 radical (unpaired) electrons. The topological polar surface area (TPSA) is 113 Å². The molecule has 2 heterocycles. The minimum Gasteiger partial charge on any atom is -0.497 e. The highest BCUT2D eigenvalue weighted by Gasteiger charge is 2.33. The van der Waals surface area contributed by atoms with Crippen LogP contribution in [0.2, 0.25) is 0 Å². The Labute approximate surface area is 213 Å². The first-order chi connectivity index (χ1) is 17.2. The van der Waals surface area contributed by atoms with Gasteiger partial charge in [0.1, 0.15) is 5.75 Å². The van der Waals surface area contributed by atoms with Crippen LogP contribution in [0, 0.1) is 5.92 Å². The van der Waals surface area contributed by atoms with Crippen molar-refractivity contribution in [1.82, 2.24) is 8.61 Å². The molecule has 36 heavy (non-hydrogen) atoms. The number of sulfonamides is 2. The zero-order valence-corrected chi connectivity index (χ0v) is 22.1. The summed E-state index contributed by atoms with van der Waals surface area (Å²) in [5.74, 6) is -0.227. The van der Waals surface area contributed by atoms with Crippen LogP contribution >= 0.6 is 0 Å². The van der Waals surface area contributed by atoms with Crippen LogP contribution in [0.3, 0.4) is 0 Å². The van der Waals surface area contributed by atoms with Gasteiger partial charge in [-0.1, -0.05) is 12.8 Å². The Morgan fingerprint density at radius 1 is 0.778 bits per heavy atom. The Morgan fingerprint density at radius 3 is 1.89 bits per heavy atom. The largest absolute Gasteiger partial charge is 0.497 e. The van der Waals surface area contributed by atoms with Crippen LogP contribution in [0.4, 0.5) is 5.69 Å². The highest BCUT2D eigenvalue weighted by atomic mass is 32.2. The van der Waals surface area contributed by atoms with Crippen molar-refractivity contribution in [3.05, 3.63) is 48.5 Å². The number of anilines is 1. The number of rotatable bonds is 7. The molecule has 0 aliphatic carbocycles. The molecule has 2 aliphatic heterocycles. The maximum atomic E-state index is 13.1. The Kier molecular flexibility index (Phi) is 8.34. The second-order valence-electron chi connectivity index (χ2n) is 9.21. The summed E-state index contributed by atoms with van der Waals surface area (Å²) < 4.78 is 60.1. The van der Waals surface area contributed by atoms with E-state index in [0.717, 1.165) is 25.7 Å². The Balaban J connectivity index is 1.40. The number of carbonyl (C=O) groups is 1. The standard InChI is InChI=1S/C25H33N3O6S2/c1-34-22-10-14-24(15-11-22)36(32,33)28-18-6-7-20(19-28)25(29)26-21-8-12-23(13-9-21)35(30,31)27-16-4-2-3-5-17-27/h8-15,20H,2-7,16-19H2,1H3,(H,26,29)/t20-/m0/s1. The van der Waals surface area contributed by atoms with Crippen molar-refractivity contribution >= 4 is 31.6 Å². The molecule has 0 saturated carbocycles.